The Morgan fingerprint density at radius 2 is 2.00 bits per heavy atom. The van der Waals surface area contributed by atoms with E-state index in [2.05, 4.69) is 0 Å². The van der Waals surface area contributed by atoms with Crippen molar-refractivity contribution in [2.45, 2.75) is 25.4 Å². The second-order valence-electron chi connectivity index (χ2n) is 5.37. The van der Waals surface area contributed by atoms with Crippen molar-refractivity contribution in [3.05, 3.63) is 36.4 Å². The molecule has 1 fully saturated rings. The van der Waals surface area contributed by atoms with E-state index in [4.69, 9.17) is 9.47 Å². The molecule has 2 aromatic rings. The van der Waals surface area contributed by atoms with Gasteiger partial charge in [0.15, 0.2) is 0 Å². The van der Waals surface area contributed by atoms with Gasteiger partial charge in [0.25, 0.3) is 0 Å². The van der Waals surface area contributed by atoms with Gasteiger partial charge in [0.05, 0.1) is 6.10 Å². The first kappa shape index (κ1) is 14.4. The van der Waals surface area contributed by atoms with Gasteiger partial charge in [-0.25, -0.2) is 0 Å². The highest BCUT2D eigenvalue weighted by Gasteiger charge is 2.22. The normalized spacial score (nSPS) is 18.7. The fourth-order valence-corrected chi connectivity index (χ4v) is 2.79. The van der Waals surface area contributed by atoms with E-state index in [1.54, 1.807) is 6.07 Å². The number of ether oxygens (including phenoxy) is 2. The van der Waals surface area contributed by atoms with Crippen molar-refractivity contribution in [3.63, 3.8) is 0 Å². The third kappa shape index (κ3) is 3.21. The number of hydrogen-bond acceptors (Lipinski definition) is 4. The summed E-state index contributed by atoms with van der Waals surface area (Å²) < 4.78 is 11.4. The Morgan fingerprint density at radius 1 is 1.14 bits per heavy atom. The highest BCUT2D eigenvalue weighted by molar-refractivity contribution is 6.63. The third-order valence-corrected chi connectivity index (χ3v) is 3.89. The summed E-state index contributed by atoms with van der Waals surface area (Å²) in [6.45, 7) is 1.22. The highest BCUT2D eigenvalue weighted by atomic mass is 16.5. The average Bonchev–Trinajstić information content (AvgIpc) is 2.53. The molecule has 1 atom stereocenters. The zero-order valence-corrected chi connectivity index (χ0v) is 11.9. The van der Waals surface area contributed by atoms with Crippen LogP contribution in [0.3, 0.4) is 0 Å². The van der Waals surface area contributed by atoms with Crippen molar-refractivity contribution in [3.8, 4) is 5.75 Å². The van der Waals surface area contributed by atoms with Crippen molar-refractivity contribution in [1.82, 2.24) is 0 Å². The predicted molar refractivity (Wildman–Crippen MR) is 82.9 cm³/mol. The summed E-state index contributed by atoms with van der Waals surface area (Å²) in [5.41, 5.74) is 0.420. The third-order valence-electron chi connectivity index (χ3n) is 3.89. The molecular weight excluding hydrogens is 267 g/mol. The lowest BCUT2D eigenvalue weighted by Gasteiger charge is -2.23. The van der Waals surface area contributed by atoms with Crippen LogP contribution < -0.4 is 10.2 Å². The first-order valence-corrected chi connectivity index (χ1v) is 7.38. The van der Waals surface area contributed by atoms with E-state index in [1.165, 1.54) is 0 Å². The standard InChI is InChI=1S/C16H19BO4/c18-17(19)16-14-7-2-1-5-12(14)8-9-15(16)21-11-13-6-3-4-10-20-13/h1-2,5,7-9,13,18-19H,3-4,6,10-11H2. The minimum atomic E-state index is -1.56. The van der Waals surface area contributed by atoms with Crippen LogP contribution in [0.5, 0.6) is 5.75 Å². The van der Waals surface area contributed by atoms with Crippen LogP contribution >= 0.6 is 0 Å². The number of rotatable bonds is 4. The second-order valence-corrected chi connectivity index (χ2v) is 5.37. The molecule has 0 aromatic heterocycles. The lowest BCUT2D eigenvalue weighted by Crippen LogP contribution is -2.34. The van der Waals surface area contributed by atoms with Gasteiger partial charge in [0, 0.05) is 12.1 Å². The van der Waals surface area contributed by atoms with Gasteiger partial charge in [-0.05, 0) is 36.1 Å². The Hall–Kier alpha value is -1.56. The molecule has 110 valence electrons. The molecule has 3 rings (SSSR count). The van der Waals surface area contributed by atoms with Gasteiger partial charge in [-0.1, -0.05) is 30.3 Å². The van der Waals surface area contributed by atoms with E-state index < -0.39 is 7.12 Å². The predicted octanol–water partition coefficient (Wildman–Crippen LogP) is 1.47. The zero-order valence-electron chi connectivity index (χ0n) is 11.9. The molecule has 1 aliphatic rings. The maximum absolute atomic E-state index is 9.68. The molecule has 0 saturated carbocycles. The van der Waals surface area contributed by atoms with Crippen LogP contribution in [-0.4, -0.2) is 36.5 Å². The Bertz CT molecular complexity index is 608. The molecule has 0 radical (unpaired) electrons. The largest absolute Gasteiger partial charge is 0.492 e. The Morgan fingerprint density at radius 3 is 2.76 bits per heavy atom. The molecule has 1 heterocycles. The van der Waals surface area contributed by atoms with Crippen LogP contribution in [0.25, 0.3) is 10.8 Å². The van der Waals surface area contributed by atoms with Crippen molar-refractivity contribution in [2.75, 3.05) is 13.2 Å². The van der Waals surface area contributed by atoms with Gasteiger partial charge in [-0.2, -0.15) is 0 Å². The minimum Gasteiger partial charge on any atom is -0.491 e. The smallest absolute Gasteiger partial charge is 0.491 e. The van der Waals surface area contributed by atoms with E-state index >= 15 is 0 Å². The zero-order chi connectivity index (χ0) is 14.7. The summed E-state index contributed by atoms with van der Waals surface area (Å²) in [7, 11) is -1.56. The molecule has 2 aromatic carbocycles. The number of fused-ring (bicyclic) bond motifs is 1. The topological polar surface area (TPSA) is 58.9 Å². The van der Waals surface area contributed by atoms with Gasteiger partial charge in [-0.3, -0.25) is 0 Å². The van der Waals surface area contributed by atoms with E-state index in [0.29, 0.717) is 17.8 Å². The van der Waals surface area contributed by atoms with Gasteiger partial charge in [0.2, 0.25) is 0 Å². The van der Waals surface area contributed by atoms with Gasteiger partial charge >= 0.3 is 7.12 Å². The molecule has 21 heavy (non-hydrogen) atoms. The second kappa shape index (κ2) is 6.47. The first-order valence-electron chi connectivity index (χ1n) is 7.38. The van der Waals surface area contributed by atoms with Gasteiger partial charge in [-0.15, -0.1) is 0 Å². The summed E-state index contributed by atoms with van der Waals surface area (Å²) in [6, 6.07) is 11.3. The van der Waals surface area contributed by atoms with E-state index in [-0.39, 0.29) is 6.10 Å². The molecule has 1 aliphatic heterocycles. The van der Waals surface area contributed by atoms with Crippen LogP contribution in [0.4, 0.5) is 0 Å². The lowest BCUT2D eigenvalue weighted by molar-refractivity contribution is -0.0108. The van der Waals surface area contributed by atoms with E-state index in [1.807, 2.05) is 30.3 Å². The maximum atomic E-state index is 9.68. The Kier molecular flexibility index (Phi) is 4.43. The Labute approximate surface area is 124 Å². The maximum Gasteiger partial charge on any atom is 0.492 e. The van der Waals surface area contributed by atoms with Gasteiger partial charge in [0.1, 0.15) is 12.4 Å². The first-order chi connectivity index (χ1) is 10.3. The summed E-state index contributed by atoms with van der Waals surface area (Å²) in [4.78, 5) is 0. The molecule has 0 spiro atoms. The van der Waals surface area contributed by atoms with Crippen LogP contribution in [0.1, 0.15) is 19.3 Å². The Balaban J connectivity index is 1.85. The van der Waals surface area contributed by atoms with Crippen molar-refractivity contribution in [2.24, 2.45) is 0 Å². The molecular formula is C16H19BO4. The molecule has 4 nitrogen and oxygen atoms in total. The molecule has 1 unspecified atom stereocenters. The summed E-state index contributed by atoms with van der Waals surface area (Å²) in [5.74, 6) is 0.512. The van der Waals surface area contributed by atoms with Crippen LogP contribution in [0, 0.1) is 0 Å². The molecule has 0 bridgehead atoms. The van der Waals surface area contributed by atoms with E-state index in [0.717, 1.165) is 36.6 Å². The fraction of sp³-hybridized carbons (Fsp3) is 0.375. The van der Waals surface area contributed by atoms with Crippen molar-refractivity contribution < 1.29 is 19.5 Å². The SMILES string of the molecule is OB(O)c1c(OCC2CCCCO2)ccc2ccccc12. The minimum absolute atomic E-state index is 0.0916. The average molecular weight is 286 g/mol. The summed E-state index contributed by atoms with van der Waals surface area (Å²) >= 11 is 0. The van der Waals surface area contributed by atoms with Gasteiger partial charge < -0.3 is 19.5 Å². The van der Waals surface area contributed by atoms with E-state index in [9.17, 15) is 10.0 Å². The van der Waals surface area contributed by atoms with Crippen LogP contribution in [-0.2, 0) is 4.74 Å². The molecule has 2 N–H and O–H groups in total. The number of benzene rings is 2. The van der Waals surface area contributed by atoms with Crippen LogP contribution in [0.15, 0.2) is 36.4 Å². The van der Waals surface area contributed by atoms with Crippen LogP contribution in [0.2, 0.25) is 0 Å². The quantitative estimate of drug-likeness (QED) is 0.836. The monoisotopic (exact) mass is 286 g/mol. The molecule has 5 heteroatoms. The fourth-order valence-electron chi connectivity index (χ4n) is 2.79. The highest BCUT2D eigenvalue weighted by Crippen LogP contribution is 2.20. The van der Waals surface area contributed by atoms with Crippen molar-refractivity contribution in [1.29, 1.82) is 0 Å². The number of hydrogen-bond donors (Lipinski definition) is 2. The summed E-state index contributed by atoms with van der Waals surface area (Å²) in [5, 5.41) is 21.1. The summed E-state index contributed by atoms with van der Waals surface area (Å²) in [6.07, 6.45) is 3.34. The van der Waals surface area contributed by atoms with Crippen molar-refractivity contribution >= 4 is 23.4 Å². The molecule has 1 saturated heterocycles. The molecule has 0 amide bonds. The lowest BCUT2D eigenvalue weighted by atomic mass is 9.76. The molecule has 0 aliphatic carbocycles.